The molecule has 0 radical (unpaired) electrons. The minimum Gasteiger partial charge on any atom is -0.492 e. The lowest BCUT2D eigenvalue weighted by Crippen LogP contribution is -2.45. The van der Waals surface area contributed by atoms with Crippen LogP contribution in [0.3, 0.4) is 0 Å². The molecule has 1 N–H and O–H groups in total. The van der Waals surface area contributed by atoms with Gasteiger partial charge in [0, 0.05) is 12.6 Å². The lowest BCUT2D eigenvalue weighted by atomic mass is 10.0. The highest BCUT2D eigenvalue weighted by atomic mass is 16.5. The van der Waals surface area contributed by atoms with Gasteiger partial charge in [-0.2, -0.15) is 0 Å². The highest BCUT2D eigenvalue weighted by molar-refractivity contribution is 5.26. The number of nitrogens with one attached hydrogen (secondary N) is 1. The molecular formula is C18H30N2O. The summed E-state index contributed by atoms with van der Waals surface area (Å²) in [5.41, 5.74) is 1.28. The largest absolute Gasteiger partial charge is 0.492 e. The molecule has 0 atom stereocenters. The molecule has 1 heterocycles. The van der Waals surface area contributed by atoms with E-state index in [0.29, 0.717) is 0 Å². The predicted octanol–water partition coefficient (Wildman–Crippen LogP) is 3.23. The van der Waals surface area contributed by atoms with Crippen molar-refractivity contribution in [2.75, 3.05) is 32.8 Å². The van der Waals surface area contributed by atoms with Gasteiger partial charge in [-0.3, -0.25) is 4.90 Å². The predicted molar refractivity (Wildman–Crippen MR) is 89.0 cm³/mol. The van der Waals surface area contributed by atoms with Crippen LogP contribution in [0.15, 0.2) is 24.3 Å². The Balaban J connectivity index is 1.78. The first kappa shape index (κ1) is 16.3. The number of benzene rings is 1. The van der Waals surface area contributed by atoms with Crippen molar-refractivity contribution in [3.63, 3.8) is 0 Å². The average molecular weight is 290 g/mol. The fraction of sp³-hybridized carbons (Fsp3) is 0.667. The van der Waals surface area contributed by atoms with E-state index in [1.807, 2.05) is 0 Å². The van der Waals surface area contributed by atoms with Gasteiger partial charge >= 0.3 is 0 Å². The summed E-state index contributed by atoms with van der Waals surface area (Å²) in [5, 5.41) is 3.45. The van der Waals surface area contributed by atoms with E-state index >= 15 is 0 Å². The Morgan fingerprint density at radius 2 is 1.86 bits per heavy atom. The molecular weight excluding hydrogens is 260 g/mol. The lowest BCUT2D eigenvalue weighted by Gasteiger charge is -2.34. The fourth-order valence-electron chi connectivity index (χ4n) is 2.93. The second-order valence-electron chi connectivity index (χ2n) is 6.03. The molecule has 3 nitrogen and oxygen atoms in total. The molecule has 118 valence electrons. The quantitative estimate of drug-likeness (QED) is 0.795. The number of unbranched alkanes of at least 4 members (excludes halogenated alkanes) is 1. The normalized spacial score (nSPS) is 16.3. The Morgan fingerprint density at radius 3 is 2.52 bits per heavy atom. The summed E-state index contributed by atoms with van der Waals surface area (Å²) < 4.78 is 5.90. The minimum absolute atomic E-state index is 0.736. The molecule has 0 amide bonds. The van der Waals surface area contributed by atoms with Gasteiger partial charge in [-0.05, 0) is 58.0 Å². The smallest absolute Gasteiger partial charge is 0.119 e. The number of piperidine rings is 1. The molecule has 3 heteroatoms. The summed E-state index contributed by atoms with van der Waals surface area (Å²) in [6, 6.07) is 9.08. The third-order valence-corrected chi connectivity index (χ3v) is 4.29. The first-order chi connectivity index (χ1) is 10.3. The fourth-order valence-corrected chi connectivity index (χ4v) is 2.93. The van der Waals surface area contributed by atoms with Gasteiger partial charge in [0.15, 0.2) is 0 Å². The second kappa shape index (κ2) is 9.06. The van der Waals surface area contributed by atoms with Gasteiger partial charge in [0.1, 0.15) is 12.4 Å². The van der Waals surface area contributed by atoms with E-state index in [1.54, 1.807) is 0 Å². The third kappa shape index (κ3) is 5.68. The number of rotatable bonds is 8. The number of hydrogen-bond acceptors (Lipinski definition) is 3. The Bertz CT molecular complexity index is 385. The van der Waals surface area contributed by atoms with Crippen molar-refractivity contribution in [3.8, 4) is 5.75 Å². The summed E-state index contributed by atoms with van der Waals surface area (Å²) in [6.07, 6.45) is 5.09. The van der Waals surface area contributed by atoms with E-state index < -0.39 is 0 Å². The number of ether oxygens (including phenoxy) is 1. The third-order valence-electron chi connectivity index (χ3n) is 4.29. The summed E-state index contributed by atoms with van der Waals surface area (Å²) in [6.45, 7) is 9.72. The van der Waals surface area contributed by atoms with Gasteiger partial charge in [0.2, 0.25) is 0 Å². The van der Waals surface area contributed by atoms with Gasteiger partial charge in [-0.15, -0.1) is 0 Å². The van der Waals surface area contributed by atoms with Crippen molar-refractivity contribution in [2.24, 2.45) is 0 Å². The van der Waals surface area contributed by atoms with E-state index in [9.17, 15) is 0 Å². The van der Waals surface area contributed by atoms with Crippen LogP contribution in [0.4, 0.5) is 0 Å². The van der Waals surface area contributed by atoms with Crippen molar-refractivity contribution in [2.45, 2.75) is 45.6 Å². The molecule has 0 saturated carbocycles. The first-order valence-corrected chi connectivity index (χ1v) is 8.44. The summed E-state index contributed by atoms with van der Waals surface area (Å²) in [7, 11) is 0. The first-order valence-electron chi connectivity index (χ1n) is 8.44. The van der Waals surface area contributed by atoms with Gasteiger partial charge in [0.05, 0.1) is 0 Å². The molecule has 21 heavy (non-hydrogen) atoms. The second-order valence-corrected chi connectivity index (χ2v) is 6.03. The molecule has 1 aromatic carbocycles. The van der Waals surface area contributed by atoms with Crippen molar-refractivity contribution >= 4 is 0 Å². The van der Waals surface area contributed by atoms with Crippen LogP contribution in [0.25, 0.3) is 0 Å². The highest BCUT2D eigenvalue weighted by Gasteiger charge is 2.20. The van der Waals surface area contributed by atoms with Crippen molar-refractivity contribution < 1.29 is 4.74 Å². The standard InChI is InChI=1S/C18H30N2O/c1-3-4-13-20(17-9-11-19-12-10-17)14-15-21-18-7-5-16(2)6-8-18/h5-8,17,19H,3-4,9-15H2,1-2H3. The topological polar surface area (TPSA) is 24.5 Å². The Hall–Kier alpha value is -1.06. The van der Waals surface area contributed by atoms with Crippen LogP contribution >= 0.6 is 0 Å². The zero-order valence-corrected chi connectivity index (χ0v) is 13.6. The molecule has 0 spiro atoms. The van der Waals surface area contributed by atoms with Crippen LogP contribution in [0, 0.1) is 6.92 Å². The zero-order valence-electron chi connectivity index (χ0n) is 13.6. The summed E-state index contributed by atoms with van der Waals surface area (Å²) >= 11 is 0. The lowest BCUT2D eigenvalue weighted by molar-refractivity contribution is 0.133. The SMILES string of the molecule is CCCCN(CCOc1ccc(C)cc1)C1CCNCC1. The van der Waals surface area contributed by atoms with Gasteiger partial charge in [0.25, 0.3) is 0 Å². The molecule has 1 aromatic rings. The molecule has 0 aliphatic carbocycles. The average Bonchev–Trinajstić information content (AvgIpc) is 2.53. The van der Waals surface area contributed by atoms with E-state index in [2.05, 4.69) is 48.3 Å². The van der Waals surface area contributed by atoms with E-state index in [1.165, 1.54) is 37.8 Å². The van der Waals surface area contributed by atoms with Crippen molar-refractivity contribution in [1.82, 2.24) is 10.2 Å². The van der Waals surface area contributed by atoms with Gasteiger partial charge in [-0.1, -0.05) is 31.0 Å². The maximum Gasteiger partial charge on any atom is 0.119 e. The maximum atomic E-state index is 5.90. The summed E-state index contributed by atoms with van der Waals surface area (Å²) in [5.74, 6) is 0.987. The Kier molecular flexibility index (Phi) is 7.04. The van der Waals surface area contributed by atoms with Crippen LogP contribution in [0.2, 0.25) is 0 Å². The molecule has 1 saturated heterocycles. The molecule has 0 bridgehead atoms. The van der Waals surface area contributed by atoms with Crippen molar-refractivity contribution in [3.05, 3.63) is 29.8 Å². The zero-order chi connectivity index (χ0) is 14.9. The van der Waals surface area contributed by atoms with Crippen LogP contribution < -0.4 is 10.1 Å². The Morgan fingerprint density at radius 1 is 1.14 bits per heavy atom. The Labute approximate surface area is 129 Å². The van der Waals surface area contributed by atoms with E-state index in [4.69, 9.17) is 4.74 Å². The number of aryl methyl sites for hydroxylation is 1. The van der Waals surface area contributed by atoms with Crippen LogP contribution in [-0.2, 0) is 0 Å². The van der Waals surface area contributed by atoms with E-state index in [0.717, 1.165) is 38.0 Å². The molecule has 1 aliphatic rings. The van der Waals surface area contributed by atoms with Gasteiger partial charge in [-0.25, -0.2) is 0 Å². The molecule has 0 unspecified atom stereocenters. The minimum atomic E-state index is 0.736. The monoisotopic (exact) mass is 290 g/mol. The van der Waals surface area contributed by atoms with Crippen LogP contribution in [0.5, 0.6) is 5.75 Å². The summed E-state index contributed by atoms with van der Waals surface area (Å²) in [4.78, 5) is 2.64. The molecule has 1 aliphatic heterocycles. The highest BCUT2D eigenvalue weighted by Crippen LogP contribution is 2.14. The molecule has 2 rings (SSSR count). The van der Waals surface area contributed by atoms with Crippen LogP contribution in [0.1, 0.15) is 38.2 Å². The maximum absolute atomic E-state index is 5.90. The van der Waals surface area contributed by atoms with Crippen LogP contribution in [-0.4, -0.2) is 43.7 Å². The molecule has 0 aromatic heterocycles. The van der Waals surface area contributed by atoms with Gasteiger partial charge < -0.3 is 10.1 Å². The number of nitrogens with zero attached hydrogens (tertiary/aromatic N) is 1. The van der Waals surface area contributed by atoms with E-state index in [-0.39, 0.29) is 0 Å². The molecule has 1 fully saturated rings. The van der Waals surface area contributed by atoms with Crippen molar-refractivity contribution in [1.29, 1.82) is 0 Å². The number of hydrogen-bond donors (Lipinski definition) is 1.